The van der Waals surface area contributed by atoms with Gasteiger partial charge in [0, 0.05) is 37.3 Å². The Hall–Kier alpha value is -3.47. The van der Waals surface area contributed by atoms with Crippen LogP contribution in [0.1, 0.15) is 38.2 Å². The number of piperazine rings is 1. The summed E-state index contributed by atoms with van der Waals surface area (Å²) < 4.78 is 28.7. The highest BCUT2D eigenvalue weighted by Crippen LogP contribution is 2.31. The van der Waals surface area contributed by atoms with Gasteiger partial charge in [-0.15, -0.1) is 0 Å². The van der Waals surface area contributed by atoms with Crippen molar-refractivity contribution in [3.63, 3.8) is 0 Å². The van der Waals surface area contributed by atoms with Gasteiger partial charge in [0.2, 0.25) is 10.0 Å². The van der Waals surface area contributed by atoms with Crippen molar-refractivity contribution in [3.05, 3.63) is 88.0 Å². The number of nitriles is 1. The van der Waals surface area contributed by atoms with Crippen molar-refractivity contribution in [2.45, 2.75) is 32.6 Å². The maximum absolute atomic E-state index is 13.6. The molecule has 3 aromatic carbocycles. The van der Waals surface area contributed by atoms with Gasteiger partial charge >= 0.3 is 0 Å². The summed E-state index contributed by atoms with van der Waals surface area (Å²) in [5, 5.41) is 9.52. The van der Waals surface area contributed by atoms with E-state index in [0.717, 1.165) is 22.3 Å². The smallest absolute Gasteiger partial charge is 0.254 e. The molecule has 1 aliphatic heterocycles. The second kappa shape index (κ2) is 9.65. The van der Waals surface area contributed by atoms with E-state index in [4.69, 9.17) is 0 Å². The lowest BCUT2D eigenvalue weighted by Gasteiger charge is -2.35. The van der Waals surface area contributed by atoms with Crippen LogP contribution < -0.4 is 0 Å². The molecule has 0 radical (unpaired) electrons. The predicted octanol–water partition coefficient (Wildman–Crippen LogP) is 4.61. The molecule has 0 aliphatic carbocycles. The molecule has 0 bridgehead atoms. The summed E-state index contributed by atoms with van der Waals surface area (Å²) in [7, 11) is -3.68. The molecular weight excluding hydrogens is 458 g/mol. The van der Waals surface area contributed by atoms with Crippen molar-refractivity contribution >= 4 is 15.9 Å². The Bertz CT molecular complexity index is 1420. The molecule has 0 atom stereocenters. The van der Waals surface area contributed by atoms with Gasteiger partial charge in [0.1, 0.15) is 0 Å². The van der Waals surface area contributed by atoms with Gasteiger partial charge in [-0.3, -0.25) is 4.79 Å². The lowest BCUT2D eigenvalue weighted by molar-refractivity contribution is 0.0698. The predicted molar refractivity (Wildman–Crippen MR) is 137 cm³/mol. The molecule has 0 unspecified atom stereocenters. The van der Waals surface area contributed by atoms with E-state index in [2.05, 4.69) is 6.07 Å². The lowest BCUT2D eigenvalue weighted by Crippen LogP contribution is -2.50. The highest BCUT2D eigenvalue weighted by Gasteiger charge is 2.33. The van der Waals surface area contributed by atoms with Crippen molar-refractivity contribution in [2.75, 3.05) is 26.2 Å². The molecule has 1 heterocycles. The number of nitrogens with zero attached hydrogens (tertiary/aromatic N) is 3. The molecule has 0 saturated carbocycles. The first kappa shape index (κ1) is 24.6. The molecule has 6 nitrogen and oxygen atoms in total. The molecule has 1 fully saturated rings. The summed E-state index contributed by atoms with van der Waals surface area (Å²) in [4.78, 5) is 15.6. The van der Waals surface area contributed by atoms with Crippen LogP contribution >= 0.6 is 0 Å². The number of carbonyl (C=O) groups is 1. The van der Waals surface area contributed by atoms with E-state index in [9.17, 15) is 18.5 Å². The minimum atomic E-state index is -3.68. The van der Waals surface area contributed by atoms with Gasteiger partial charge in [0.25, 0.3) is 5.91 Å². The van der Waals surface area contributed by atoms with E-state index in [-0.39, 0.29) is 19.0 Å². The standard InChI is InChI=1S/C28H29N3O3S/c1-19-17-20(2)22(4)27(21(19)3)35(33,34)31-15-13-30(14-16-31)28(32)26-12-8-7-11-25(26)24-10-6-5-9-23(24)18-29/h5-12,17H,13-16H2,1-4H3. The molecular formula is C28H29N3O3S. The summed E-state index contributed by atoms with van der Waals surface area (Å²) in [6, 6.07) is 18.7. The quantitative estimate of drug-likeness (QED) is 0.538. The number of aryl methyl sites for hydroxylation is 2. The Morgan fingerprint density at radius 1 is 0.829 bits per heavy atom. The van der Waals surface area contributed by atoms with E-state index in [1.54, 1.807) is 29.2 Å². The van der Waals surface area contributed by atoms with Crippen molar-refractivity contribution in [3.8, 4) is 17.2 Å². The SMILES string of the molecule is Cc1cc(C)c(C)c(S(=O)(=O)N2CCN(C(=O)c3ccccc3-c3ccccc3C#N)CC2)c1C. The largest absolute Gasteiger partial charge is 0.336 e. The van der Waals surface area contributed by atoms with Crippen molar-refractivity contribution in [1.82, 2.24) is 9.21 Å². The Morgan fingerprint density at radius 3 is 1.97 bits per heavy atom. The second-order valence-corrected chi connectivity index (χ2v) is 10.9. The van der Waals surface area contributed by atoms with Gasteiger partial charge in [-0.1, -0.05) is 42.5 Å². The monoisotopic (exact) mass is 487 g/mol. The van der Waals surface area contributed by atoms with E-state index in [0.29, 0.717) is 40.2 Å². The molecule has 0 aromatic heterocycles. The number of hydrogen-bond donors (Lipinski definition) is 0. The maximum atomic E-state index is 13.6. The molecule has 0 N–H and O–H groups in total. The number of benzene rings is 3. The summed E-state index contributed by atoms with van der Waals surface area (Å²) >= 11 is 0. The topological polar surface area (TPSA) is 81.5 Å². The average Bonchev–Trinajstić information content (AvgIpc) is 2.87. The third-order valence-electron chi connectivity index (χ3n) is 6.92. The summed E-state index contributed by atoms with van der Waals surface area (Å²) in [6.45, 7) is 8.63. The average molecular weight is 488 g/mol. The van der Waals surface area contributed by atoms with Gasteiger partial charge < -0.3 is 4.90 Å². The van der Waals surface area contributed by atoms with Crippen LogP contribution in [0.3, 0.4) is 0 Å². The Morgan fingerprint density at radius 2 is 1.37 bits per heavy atom. The summed E-state index contributed by atoms with van der Waals surface area (Å²) in [6.07, 6.45) is 0. The van der Waals surface area contributed by atoms with Crippen molar-refractivity contribution < 1.29 is 13.2 Å². The zero-order valence-electron chi connectivity index (χ0n) is 20.5. The van der Waals surface area contributed by atoms with Gasteiger partial charge in [-0.05, 0) is 67.6 Å². The Labute approximate surface area is 207 Å². The van der Waals surface area contributed by atoms with Crippen LogP contribution in [-0.2, 0) is 10.0 Å². The molecule has 4 rings (SSSR count). The van der Waals surface area contributed by atoms with Gasteiger partial charge in [-0.2, -0.15) is 9.57 Å². The van der Waals surface area contributed by atoms with Gasteiger partial charge in [0.05, 0.1) is 16.5 Å². The van der Waals surface area contributed by atoms with Crippen LogP contribution in [0.25, 0.3) is 11.1 Å². The van der Waals surface area contributed by atoms with E-state index >= 15 is 0 Å². The van der Waals surface area contributed by atoms with Crippen LogP contribution in [-0.4, -0.2) is 49.7 Å². The first-order chi connectivity index (χ1) is 16.7. The fourth-order valence-corrected chi connectivity index (χ4v) is 6.72. The van der Waals surface area contributed by atoms with Gasteiger partial charge in [0.15, 0.2) is 0 Å². The van der Waals surface area contributed by atoms with Crippen molar-refractivity contribution in [1.29, 1.82) is 5.26 Å². The number of carbonyl (C=O) groups excluding carboxylic acids is 1. The molecule has 35 heavy (non-hydrogen) atoms. The molecule has 0 spiro atoms. The zero-order chi connectivity index (χ0) is 25.3. The second-order valence-electron chi connectivity index (χ2n) is 8.99. The molecule has 1 amide bonds. The summed E-state index contributed by atoms with van der Waals surface area (Å²) in [5.74, 6) is -0.163. The summed E-state index contributed by atoms with van der Waals surface area (Å²) in [5.41, 5.74) is 5.88. The van der Waals surface area contributed by atoms with Crippen molar-refractivity contribution in [2.24, 2.45) is 0 Å². The highest BCUT2D eigenvalue weighted by molar-refractivity contribution is 7.89. The fraction of sp³-hybridized carbons (Fsp3) is 0.286. The van der Waals surface area contributed by atoms with Crippen LogP contribution in [0.5, 0.6) is 0 Å². The molecule has 180 valence electrons. The number of amides is 1. The van der Waals surface area contributed by atoms with Crippen LogP contribution in [0.15, 0.2) is 59.5 Å². The number of hydrogen-bond acceptors (Lipinski definition) is 4. The maximum Gasteiger partial charge on any atom is 0.254 e. The van der Waals surface area contributed by atoms with E-state index in [1.807, 2.05) is 58.0 Å². The molecule has 1 aliphatic rings. The van der Waals surface area contributed by atoms with E-state index < -0.39 is 10.0 Å². The molecule has 1 saturated heterocycles. The third-order valence-corrected chi connectivity index (χ3v) is 9.09. The Kier molecular flexibility index (Phi) is 6.79. The number of rotatable bonds is 4. The minimum Gasteiger partial charge on any atom is -0.336 e. The number of sulfonamides is 1. The fourth-order valence-electron chi connectivity index (χ4n) is 4.72. The zero-order valence-corrected chi connectivity index (χ0v) is 21.3. The van der Waals surface area contributed by atoms with Crippen LogP contribution in [0.2, 0.25) is 0 Å². The minimum absolute atomic E-state index is 0.163. The lowest BCUT2D eigenvalue weighted by atomic mass is 9.95. The van der Waals surface area contributed by atoms with Crippen LogP contribution in [0, 0.1) is 39.0 Å². The van der Waals surface area contributed by atoms with Gasteiger partial charge in [-0.25, -0.2) is 8.42 Å². The molecule has 7 heteroatoms. The first-order valence-electron chi connectivity index (χ1n) is 11.6. The normalized spacial score (nSPS) is 14.5. The highest BCUT2D eigenvalue weighted by atomic mass is 32.2. The first-order valence-corrected chi connectivity index (χ1v) is 13.1. The molecule has 3 aromatic rings. The van der Waals surface area contributed by atoms with Crippen LogP contribution in [0.4, 0.5) is 0 Å². The van der Waals surface area contributed by atoms with E-state index in [1.165, 1.54) is 4.31 Å². The third kappa shape index (κ3) is 4.47. The Balaban J connectivity index is 1.58.